The van der Waals surface area contributed by atoms with Crippen molar-refractivity contribution in [3.63, 3.8) is 0 Å². The lowest BCUT2D eigenvalue weighted by atomic mass is 10.0. The van der Waals surface area contributed by atoms with E-state index in [1.165, 1.54) is 5.56 Å². The molecule has 0 saturated heterocycles. The molecule has 0 spiro atoms. The first-order valence-corrected chi connectivity index (χ1v) is 10.3. The van der Waals surface area contributed by atoms with Gasteiger partial charge in [-0.1, -0.05) is 34.6 Å². The summed E-state index contributed by atoms with van der Waals surface area (Å²) in [4.78, 5) is 15.0. The van der Waals surface area contributed by atoms with Crippen LogP contribution in [0.3, 0.4) is 0 Å². The van der Waals surface area contributed by atoms with Crippen molar-refractivity contribution in [2.45, 2.75) is 79.7 Å². The number of rotatable bonds is 6. The number of aryl methyl sites for hydroxylation is 3. The standard InChI is InChI=1S/C23H32N4/c1-8-17(9-2)27-13-15(6)21-23(27)24-16(7)22(26-21)18-11-12-20(14(4)5)25-19(18)10-3/h11-14,17H,8-10H2,1-7H3. The van der Waals surface area contributed by atoms with Gasteiger partial charge in [-0.15, -0.1) is 0 Å². The molecular formula is C23H32N4. The van der Waals surface area contributed by atoms with Crippen LogP contribution in [0.2, 0.25) is 0 Å². The zero-order chi connectivity index (χ0) is 19.7. The van der Waals surface area contributed by atoms with Crippen molar-refractivity contribution in [2.75, 3.05) is 0 Å². The van der Waals surface area contributed by atoms with Crippen LogP contribution in [0.25, 0.3) is 22.4 Å². The average molecular weight is 365 g/mol. The molecule has 0 aliphatic heterocycles. The van der Waals surface area contributed by atoms with Gasteiger partial charge in [0.15, 0.2) is 5.65 Å². The highest BCUT2D eigenvalue weighted by atomic mass is 15.1. The van der Waals surface area contributed by atoms with E-state index < -0.39 is 0 Å². The molecule has 4 heteroatoms. The maximum absolute atomic E-state index is 5.08. The van der Waals surface area contributed by atoms with Gasteiger partial charge in [-0.25, -0.2) is 9.97 Å². The van der Waals surface area contributed by atoms with Crippen LogP contribution < -0.4 is 0 Å². The molecule has 0 fully saturated rings. The van der Waals surface area contributed by atoms with Crippen LogP contribution in [0, 0.1) is 13.8 Å². The molecule has 0 aliphatic carbocycles. The molecule has 27 heavy (non-hydrogen) atoms. The van der Waals surface area contributed by atoms with E-state index in [1.807, 2.05) is 0 Å². The Bertz CT molecular complexity index is 949. The second-order valence-corrected chi connectivity index (χ2v) is 7.76. The highest BCUT2D eigenvalue weighted by molar-refractivity contribution is 5.80. The molecular weight excluding hydrogens is 332 g/mol. The third-order valence-corrected chi connectivity index (χ3v) is 5.52. The van der Waals surface area contributed by atoms with E-state index in [4.69, 9.17) is 15.0 Å². The molecule has 0 N–H and O–H groups in total. The Balaban J connectivity index is 2.20. The maximum atomic E-state index is 5.08. The number of fused-ring (bicyclic) bond motifs is 1. The molecule has 0 bridgehead atoms. The Morgan fingerprint density at radius 1 is 0.963 bits per heavy atom. The van der Waals surface area contributed by atoms with Crippen LogP contribution in [0.1, 0.15) is 82.1 Å². The molecule has 3 aromatic rings. The highest BCUT2D eigenvalue weighted by Gasteiger charge is 2.19. The fraction of sp³-hybridized carbons (Fsp3) is 0.522. The molecule has 0 saturated carbocycles. The molecule has 0 unspecified atom stereocenters. The lowest BCUT2D eigenvalue weighted by Crippen LogP contribution is -2.07. The van der Waals surface area contributed by atoms with Crippen LogP contribution in [-0.4, -0.2) is 19.5 Å². The zero-order valence-electron chi connectivity index (χ0n) is 17.8. The van der Waals surface area contributed by atoms with E-state index in [-0.39, 0.29) is 0 Å². The van der Waals surface area contributed by atoms with Crippen LogP contribution >= 0.6 is 0 Å². The van der Waals surface area contributed by atoms with Crippen molar-refractivity contribution in [2.24, 2.45) is 0 Å². The second kappa shape index (κ2) is 7.79. The Morgan fingerprint density at radius 3 is 2.26 bits per heavy atom. The molecule has 0 atom stereocenters. The summed E-state index contributed by atoms with van der Waals surface area (Å²) in [7, 11) is 0. The summed E-state index contributed by atoms with van der Waals surface area (Å²) >= 11 is 0. The number of aromatic nitrogens is 4. The second-order valence-electron chi connectivity index (χ2n) is 7.76. The van der Waals surface area contributed by atoms with Gasteiger partial charge in [0.1, 0.15) is 5.52 Å². The third-order valence-electron chi connectivity index (χ3n) is 5.52. The van der Waals surface area contributed by atoms with Crippen molar-refractivity contribution in [3.05, 3.63) is 41.0 Å². The summed E-state index contributed by atoms with van der Waals surface area (Å²) < 4.78 is 2.31. The van der Waals surface area contributed by atoms with Gasteiger partial charge in [0.25, 0.3) is 0 Å². The molecule has 0 radical (unpaired) electrons. The minimum atomic E-state index is 0.426. The molecule has 144 valence electrons. The van der Waals surface area contributed by atoms with Crippen molar-refractivity contribution in [1.82, 2.24) is 19.5 Å². The van der Waals surface area contributed by atoms with Crippen molar-refractivity contribution >= 4 is 11.2 Å². The lowest BCUT2D eigenvalue weighted by Gasteiger charge is -2.16. The molecule has 0 amide bonds. The van der Waals surface area contributed by atoms with E-state index >= 15 is 0 Å². The largest absolute Gasteiger partial charge is 0.328 e. The summed E-state index contributed by atoms with van der Waals surface area (Å²) in [6.07, 6.45) is 5.31. The van der Waals surface area contributed by atoms with Crippen LogP contribution in [-0.2, 0) is 6.42 Å². The fourth-order valence-corrected chi connectivity index (χ4v) is 3.82. The predicted molar refractivity (Wildman–Crippen MR) is 113 cm³/mol. The van der Waals surface area contributed by atoms with Crippen molar-refractivity contribution in [1.29, 1.82) is 0 Å². The first-order valence-electron chi connectivity index (χ1n) is 10.3. The topological polar surface area (TPSA) is 43.6 Å². The van der Waals surface area contributed by atoms with Gasteiger partial charge in [0.2, 0.25) is 0 Å². The Hall–Kier alpha value is -2.23. The van der Waals surface area contributed by atoms with Crippen LogP contribution in [0.15, 0.2) is 18.3 Å². The highest BCUT2D eigenvalue weighted by Crippen LogP contribution is 2.31. The van der Waals surface area contributed by atoms with E-state index in [0.717, 1.165) is 58.8 Å². The number of pyridine rings is 1. The molecule has 0 aromatic carbocycles. The Labute approximate surface area is 163 Å². The van der Waals surface area contributed by atoms with Gasteiger partial charge >= 0.3 is 0 Å². The normalized spacial score (nSPS) is 11.9. The Kier molecular flexibility index (Phi) is 5.64. The van der Waals surface area contributed by atoms with Crippen molar-refractivity contribution < 1.29 is 0 Å². The summed E-state index contributed by atoms with van der Waals surface area (Å²) in [5.41, 5.74) is 8.51. The van der Waals surface area contributed by atoms with E-state index in [1.54, 1.807) is 0 Å². The first-order chi connectivity index (χ1) is 12.9. The number of nitrogens with zero attached hydrogens (tertiary/aromatic N) is 4. The van der Waals surface area contributed by atoms with Gasteiger partial charge in [0, 0.05) is 29.2 Å². The lowest BCUT2D eigenvalue weighted by molar-refractivity contribution is 0.482. The summed E-state index contributed by atoms with van der Waals surface area (Å²) in [5.74, 6) is 0.426. The van der Waals surface area contributed by atoms with Gasteiger partial charge in [-0.3, -0.25) is 4.98 Å². The number of hydrogen-bond donors (Lipinski definition) is 0. The smallest absolute Gasteiger partial charge is 0.159 e. The molecule has 3 aromatic heterocycles. The Morgan fingerprint density at radius 2 is 1.67 bits per heavy atom. The van der Waals surface area contributed by atoms with Crippen LogP contribution in [0.5, 0.6) is 0 Å². The third kappa shape index (κ3) is 3.50. The first kappa shape index (κ1) is 19.5. The number of hydrogen-bond acceptors (Lipinski definition) is 3. The van der Waals surface area contributed by atoms with Crippen molar-refractivity contribution in [3.8, 4) is 11.3 Å². The maximum Gasteiger partial charge on any atom is 0.159 e. The van der Waals surface area contributed by atoms with Gasteiger partial charge in [0.05, 0.1) is 11.4 Å². The monoisotopic (exact) mass is 364 g/mol. The van der Waals surface area contributed by atoms with E-state index in [9.17, 15) is 0 Å². The molecule has 3 rings (SSSR count). The fourth-order valence-electron chi connectivity index (χ4n) is 3.82. The van der Waals surface area contributed by atoms with E-state index in [2.05, 4.69) is 71.4 Å². The summed E-state index contributed by atoms with van der Waals surface area (Å²) in [6, 6.07) is 4.78. The predicted octanol–water partition coefficient (Wildman–Crippen LogP) is 6.16. The minimum Gasteiger partial charge on any atom is -0.328 e. The van der Waals surface area contributed by atoms with Gasteiger partial charge in [-0.05, 0) is 56.7 Å². The summed E-state index contributed by atoms with van der Waals surface area (Å²) in [6.45, 7) is 15.2. The average Bonchev–Trinajstić information content (AvgIpc) is 2.97. The molecule has 3 heterocycles. The van der Waals surface area contributed by atoms with Crippen LogP contribution in [0.4, 0.5) is 0 Å². The molecule has 4 nitrogen and oxygen atoms in total. The minimum absolute atomic E-state index is 0.426. The SMILES string of the molecule is CCc1nc(C(C)C)ccc1-c1nc2c(C)cn(C(CC)CC)c2nc1C. The zero-order valence-corrected chi connectivity index (χ0v) is 17.8. The van der Waals surface area contributed by atoms with Gasteiger partial charge in [-0.2, -0.15) is 0 Å². The van der Waals surface area contributed by atoms with Gasteiger partial charge < -0.3 is 4.57 Å². The van der Waals surface area contributed by atoms with E-state index in [0.29, 0.717) is 12.0 Å². The quantitative estimate of drug-likeness (QED) is 0.526. The molecule has 0 aliphatic rings. The summed E-state index contributed by atoms with van der Waals surface area (Å²) in [5, 5.41) is 0.